The number of benzene rings is 1. The largest absolute Gasteiger partial charge is 0.492 e. The monoisotopic (exact) mass is 376 g/mol. The fourth-order valence-corrected chi connectivity index (χ4v) is 4.59. The maximum absolute atomic E-state index is 12.3. The lowest BCUT2D eigenvalue weighted by molar-refractivity contribution is 0.270. The van der Waals surface area contributed by atoms with Gasteiger partial charge in [-0.15, -0.1) is 0 Å². The van der Waals surface area contributed by atoms with Crippen molar-refractivity contribution in [3.63, 3.8) is 0 Å². The zero-order chi connectivity index (χ0) is 17.8. The number of rotatable bonds is 7. The molecule has 1 saturated heterocycles. The first-order chi connectivity index (χ1) is 11.2. The van der Waals surface area contributed by atoms with Crippen molar-refractivity contribution in [1.82, 2.24) is 8.61 Å². The molecule has 0 radical (unpaired) electrons. The minimum absolute atomic E-state index is 0.0695. The molecule has 0 N–H and O–H groups in total. The highest BCUT2D eigenvalue weighted by atomic mass is 32.2. The molecule has 0 aliphatic carbocycles. The molecule has 1 aromatic rings. The maximum Gasteiger partial charge on any atom is 0.217 e. The smallest absolute Gasteiger partial charge is 0.217 e. The zero-order valence-electron chi connectivity index (χ0n) is 14.0. The third-order valence-corrected chi connectivity index (χ3v) is 7.14. The second kappa shape index (κ2) is 7.81. The summed E-state index contributed by atoms with van der Waals surface area (Å²) in [6.45, 7) is 2.88. The first kappa shape index (κ1) is 19.2. The van der Waals surface area contributed by atoms with Gasteiger partial charge in [0.2, 0.25) is 20.0 Å². The lowest BCUT2D eigenvalue weighted by Gasteiger charge is -2.32. The van der Waals surface area contributed by atoms with Crippen molar-refractivity contribution >= 4 is 20.0 Å². The molecule has 136 valence electrons. The van der Waals surface area contributed by atoms with Gasteiger partial charge in [-0.2, -0.15) is 8.61 Å². The van der Waals surface area contributed by atoms with Gasteiger partial charge >= 0.3 is 0 Å². The van der Waals surface area contributed by atoms with Crippen LogP contribution in [-0.4, -0.2) is 70.2 Å². The molecule has 0 spiro atoms. The molecule has 0 saturated carbocycles. The number of ether oxygens (including phenoxy) is 1. The molecule has 1 aliphatic heterocycles. The number of hydrogen-bond acceptors (Lipinski definition) is 5. The second-order valence-electron chi connectivity index (χ2n) is 5.72. The highest BCUT2D eigenvalue weighted by Gasteiger charge is 2.30. The van der Waals surface area contributed by atoms with Gasteiger partial charge in [0.15, 0.2) is 0 Å². The van der Waals surface area contributed by atoms with Crippen LogP contribution >= 0.6 is 0 Å². The van der Waals surface area contributed by atoms with Crippen LogP contribution in [0.2, 0.25) is 0 Å². The molecule has 1 aromatic carbocycles. The van der Waals surface area contributed by atoms with E-state index in [0.717, 1.165) is 12.7 Å². The normalized spacial score (nSPS) is 17.8. The van der Waals surface area contributed by atoms with Gasteiger partial charge in [-0.1, -0.05) is 19.1 Å². The van der Waals surface area contributed by atoms with E-state index in [1.54, 1.807) is 0 Å². The van der Waals surface area contributed by atoms with E-state index in [0.29, 0.717) is 5.75 Å². The Hall–Kier alpha value is -1.16. The van der Waals surface area contributed by atoms with Gasteiger partial charge in [0, 0.05) is 26.2 Å². The molecule has 1 fully saturated rings. The molecule has 9 heteroatoms. The van der Waals surface area contributed by atoms with Crippen molar-refractivity contribution in [2.75, 3.05) is 44.8 Å². The molecule has 0 amide bonds. The van der Waals surface area contributed by atoms with Crippen molar-refractivity contribution in [2.24, 2.45) is 0 Å². The first-order valence-electron chi connectivity index (χ1n) is 7.87. The van der Waals surface area contributed by atoms with Crippen molar-refractivity contribution in [2.45, 2.75) is 13.3 Å². The van der Waals surface area contributed by atoms with E-state index in [1.165, 1.54) is 14.2 Å². The Bertz CT molecular complexity index is 737. The van der Waals surface area contributed by atoms with Gasteiger partial charge in [-0.05, 0) is 24.1 Å². The number of sulfonamides is 2. The quantitative estimate of drug-likeness (QED) is 0.693. The predicted molar refractivity (Wildman–Crippen MR) is 93.1 cm³/mol. The Kier molecular flexibility index (Phi) is 6.24. The SMILES string of the molecule is CCc1ccc(OCCS(=O)(=O)N2CCN(S(C)(=O)=O)CC2)cc1. The summed E-state index contributed by atoms with van der Waals surface area (Å²) in [5.41, 5.74) is 1.19. The molecule has 0 atom stereocenters. The Morgan fingerprint density at radius 1 is 0.958 bits per heavy atom. The molecule has 7 nitrogen and oxygen atoms in total. The average Bonchev–Trinajstić information content (AvgIpc) is 2.55. The van der Waals surface area contributed by atoms with Gasteiger partial charge in [-0.25, -0.2) is 16.8 Å². The number of nitrogens with zero attached hydrogens (tertiary/aromatic N) is 2. The van der Waals surface area contributed by atoms with Crippen LogP contribution in [0.1, 0.15) is 12.5 Å². The molecule has 0 bridgehead atoms. The summed E-state index contributed by atoms with van der Waals surface area (Å²) < 4.78 is 55.7. The predicted octanol–water partition coefficient (Wildman–Crippen LogP) is 0.535. The van der Waals surface area contributed by atoms with Crippen molar-refractivity contribution in [3.05, 3.63) is 29.8 Å². The van der Waals surface area contributed by atoms with Crippen LogP contribution in [0, 0.1) is 0 Å². The molecule has 0 unspecified atom stereocenters. The Labute approximate surface area is 144 Å². The minimum Gasteiger partial charge on any atom is -0.492 e. The van der Waals surface area contributed by atoms with E-state index in [1.807, 2.05) is 24.3 Å². The van der Waals surface area contributed by atoms with Crippen molar-refractivity contribution < 1.29 is 21.6 Å². The minimum atomic E-state index is -3.45. The van der Waals surface area contributed by atoms with Crippen LogP contribution < -0.4 is 4.74 Å². The fraction of sp³-hybridized carbons (Fsp3) is 0.600. The van der Waals surface area contributed by atoms with Gasteiger partial charge in [-0.3, -0.25) is 0 Å². The molecular weight excluding hydrogens is 352 g/mol. The first-order valence-corrected chi connectivity index (χ1v) is 11.3. The lowest BCUT2D eigenvalue weighted by Crippen LogP contribution is -2.51. The van der Waals surface area contributed by atoms with Crippen LogP contribution in [-0.2, 0) is 26.5 Å². The van der Waals surface area contributed by atoms with Gasteiger partial charge in [0.1, 0.15) is 12.4 Å². The topological polar surface area (TPSA) is 84.0 Å². The van der Waals surface area contributed by atoms with E-state index < -0.39 is 20.0 Å². The van der Waals surface area contributed by atoms with E-state index in [9.17, 15) is 16.8 Å². The van der Waals surface area contributed by atoms with E-state index in [4.69, 9.17) is 4.74 Å². The van der Waals surface area contributed by atoms with E-state index >= 15 is 0 Å². The third kappa shape index (κ3) is 5.17. The third-order valence-electron chi connectivity index (χ3n) is 4.00. The van der Waals surface area contributed by atoms with Crippen molar-refractivity contribution in [1.29, 1.82) is 0 Å². The summed E-state index contributed by atoms with van der Waals surface area (Å²) in [6.07, 6.45) is 2.07. The number of hydrogen-bond donors (Lipinski definition) is 0. The van der Waals surface area contributed by atoms with Gasteiger partial charge in [0.25, 0.3) is 0 Å². The molecule has 24 heavy (non-hydrogen) atoms. The highest BCUT2D eigenvalue weighted by molar-refractivity contribution is 7.89. The van der Waals surface area contributed by atoms with Crippen LogP contribution in [0.15, 0.2) is 24.3 Å². The molecule has 0 aromatic heterocycles. The number of aryl methyl sites for hydroxylation is 1. The maximum atomic E-state index is 12.3. The second-order valence-corrected chi connectivity index (χ2v) is 9.79. The summed E-state index contributed by atoms with van der Waals surface area (Å²) >= 11 is 0. The van der Waals surface area contributed by atoms with Crippen LogP contribution in [0.5, 0.6) is 5.75 Å². The average molecular weight is 377 g/mol. The van der Waals surface area contributed by atoms with Crippen molar-refractivity contribution in [3.8, 4) is 5.75 Å². The summed E-state index contributed by atoms with van der Waals surface area (Å²) in [5.74, 6) is 0.519. The number of piperazine rings is 1. The Balaban J connectivity index is 1.83. The highest BCUT2D eigenvalue weighted by Crippen LogP contribution is 2.14. The Morgan fingerprint density at radius 3 is 2.00 bits per heavy atom. The molecule has 1 heterocycles. The lowest BCUT2D eigenvalue weighted by atomic mass is 10.2. The molecule has 2 rings (SSSR count). The summed E-state index contributed by atoms with van der Waals surface area (Å²) in [4.78, 5) is 0. The van der Waals surface area contributed by atoms with Gasteiger partial charge in [0.05, 0.1) is 12.0 Å². The Morgan fingerprint density at radius 2 is 1.50 bits per heavy atom. The van der Waals surface area contributed by atoms with Gasteiger partial charge < -0.3 is 4.74 Å². The molecular formula is C15H24N2O5S2. The van der Waals surface area contributed by atoms with E-state index in [2.05, 4.69) is 6.92 Å². The zero-order valence-corrected chi connectivity index (χ0v) is 15.6. The standard InChI is InChI=1S/C15H24N2O5S2/c1-3-14-4-6-15(7-5-14)22-12-13-24(20,21)17-10-8-16(9-11-17)23(2,18)19/h4-7H,3,8-13H2,1-2H3. The summed E-state index contributed by atoms with van der Waals surface area (Å²) in [6, 6.07) is 7.56. The summed E-state index contributed by atoms with van der Waals surface area (Å²) in [5, 5.41) is 0. The van der Waals surface area contributed by atoms with Crippen LogP contribution in [0.4, 0.5) is 0 Å². The van der Waals surface area contributed by atoms with Crippen LogP contribution in [0.25, 0.3) is 0 Å². The summed E-state index contributed by atoms with van der Waals surface area (Å²) in [7, 11) is -6.71. The molecule has 1 aliphatic rings. The van der Waals surface area contributed by atoms with E-state index in [-0.39, 0.29) is 38.5 Å². The fourth-order valence-electron chi connectivity index (χ4n) is 2.49. The van der Waals surface area contributed by atoms with Crippen LogP contribution in [0.3, 0.4) is 0 Å².